The summed E-state index contributed by atoms with van der Waals surface area (Å²) in [6.07, 6.45) is 0.578. The van der Waals surface area contributed by atoms with Crippen molar-refractivity contribution in [3.63, 3.8) is 0 Å². The van der Waals surface area contributed by atoms with Crippen LogP contribution in [0.1, 0.15) is 0 Å². The first-order valence-corrected chi connectivity index (χ1v) is 7.73. The number of imidazole rings is 1. The molecule has 4 aromatic rings. The van der Waals surface area contributed by atoms with Crippen LogP contribution in [0.25, 0.3) is 27.8 Å². The number of rotatable bonds is 3. The number of ether oxygens (including phenoxy) is 1. The van der Waals surface area contributed by atoms with Crippen LogP contribution >= 0.6 is 24.8 Å². The van der Waals surface area contributed by atoms with Gasteiger partial charge in [-0.05, 0) is 48.5 Å². The van der Waals surface area contributed by atoms with Gasteiger partial charge >= 0.3 is 6.36 Å². The van der Waals surface area contributed by atoms with Gasteiger partial charge in [-0.3, -0.25) is 0 Å². The van der Waals surface area contributed by atoms with Gasteiger partial charge in [-0.2, -0.15) is 0 Å². The average molecular weight is 428 g/mol. The second-order valence-electron chi connectivity index (χ2n) is 5.62. The third kappa shape index (κ3) is 4.74. The highest BCUT2D eigenvalue weighted by molar-refractivity contribution is 5.85. The molecule has 0 aliphatic heterocycles. The fourth-order valence-corrected chi connectivity index (χ4v) is 2.67. The summed E-state index contributed by atoms with van der Waals surface area (Å²) in [5.41, 5.74) is 3.15. The van der Waals surface area contributed by atoms with Gasteiger partial charge in [-0.15, -0.1) is 38.0 Å². The molecule has 4 nitrogen and oxygen atoms in total. The Morgan fingerprint density at radius 1 is 0.893 bits per heavy atom. The number of fused-ring (bicyclic) bond motifs is 1. The lowest BCUT2D eigenvalue weighted by Gasteiger charge is -2.09. The van der Waals surface area contributed by atoms with Gasteiger partial charge in [0.05, 0.1) is 17.5 Å². The molecule has 2 aromatic heterocycles. The molecule has 0 aliphatic rings. The number of alkyl halides is 3. The Bertz CT molecular complexity index is 1050. The Morgan fingerprint density at radius 3 is 2.29 bits per heavy atom. The summed E-state index contributed by atoms with van der Waals surface area (Å²) in [5.74, 6) is -0.257. The lowest BCUT2D eigenvalue weighted by Crippen LogP contribution is -2.16. The summed E-state index contributed by atoms with van der Waals surface area (Å²) in [5, 5.41) is 0.956. The molecule has 0 spiro atoms. The largest absolute Gasteiger partial charge is 0.573 e. The Kier molecular flexibility index (Phi) is 6.53. The van der Waals surface area contributed by atoms with Gasteiger partial charge < -0.3 is 9.30 Å². The molecule has 0 radical (unpaired) electrons. The van der Waals surface area contributed by atoms with Crippen LogP contribution in [-0.4, -0.2) is 20.9 Å². The van der Waals surface area contributed by atoms with E-state index < -0.39 is 6.36 Å². The summed E-state index contributed by atoms with van der Waals surface area (Å²) in [4.78, 5) is 8.61. The third-order valence-corrected chi connectivity index (χ3v) is 3.86. The van der Waals surface area contributed by atoms with Crippen molar-refractivity contribution in [1.29, 1.82) is 0 Å². The summed E-state index contributed by atoms with van der Waals surface area (Å²) in [6.45, 7) is 0. The lowest BCUT2D eigenvalue weighted by molar-refractivity contribution is -0.274. The van der Waals surface area contributed by atoms with E-state index >= 15 is 0 Å². The number of aromatic nitrogens is 3. The Balaban J connectivity index is 0.00000140. The Hall–Kier alpha value is -2.77. The van der Waals surface area contributed by atoms with Gasteiger partial charge in [0.1, 0.15) is 5.75 Å². The maximum atomic E-state index is 12.2. The number of benzene rings is 2. The maximum Gasteiger partial charge on any atom is 0.573 e. The minimum absolute atomic E-state index is 0. The molecule has 0 unspecified atom stereocenters. The fraction of sp³-hybridized carbons (Fsp3) is 0.0526. The molecule has 146 valence electrons. The van der Waals surface area contributed by atoms with Gasteiger partial charge in [-0.1, -0.05) is 6.07 Å². The predicted octanol–water partition coefficient (Wildman–Crippen LogP) is 5.83. The zero-order valence-electron chi connectivity index (χ0n) is 14.1. The molecule has 0 amide bonds. The highest BCUT2D eigenvalue weighted by Crippen LogP contribution is 2.27. The van der Waals surface area contributed by atoms with E-state index in [0.29, 0.717) is 11.3 Å². The molecule has 0 bridgehead atoms. The van der Waals surface area contributed by atoms with Crippen molar-refractivity contribution in [2.45, 2.75) is 6.36 Å². The molecule has 28 heavy (non-hydrogen) atoms. The smallest absolute Gasteiger partial charge is 0.406 e. The molecule has 0 saturated heterocycles. The average Bonchev–Trinajstić information content (AvgIpc) is 3.15. The van der Waals surface area contributed by atoms with E-state index in [1.165, 1.54) is 12.1 Å². The van der Waals surface area contributed by atoms with Crippen LogP contribution in [-0.2, 0) is 0 Å². The van der Waals surface area contributed by atoms with Crippen LogP contribution < -0.4 is 4.74 Å². The molecule has 0 N–H and O–H groups in total. The Morgan fingerprint density at radius 2 is 1.64 bits per heavy atom. The third-order valence-electron chi connectivity index (χ3n) is 3.86. The van der Waals surface area contributed by atoms with Crippen molar-refractivity contribution >= 4 is 35.7 Å². The highest BCUT2D eigenvalue weighted by atomic mass is 35.5. The van der Waals surface area contributed by atoms with E-state index in [1.54, 1.807) is 24.7 Å². The predicted molar refractivity (Wildman–Crippen MR) is 105 cm³/mol. The van der Waals surface area contributed by atoms with Crippen molar-refractivity contribution in [3.05, 3.63) is 73.3 Å². The van der Waals surface area contributed by atoms with Crippen LogP contribution in [0, 0.1) is 0 Å². The van der Waals surface area contributed by atoms with E-state index in [-0.39, 0.29) is 30.6 Å². The first kappa shape index (κ1) is 21.5. The summed E-state index contributed by atoms with van der Waals surface area (Å²) < 4.78 is 42.5. The van der Waals surface area contributed by atoms with Gasteiger partial charge in [-0.25, -0.2) is 9.97 Å². The monoisotopic (exact) mass is 427 g/mol. The van der Waals surface area contributed by atoms with Crippen LogP contribution in [0.4, 0.5) is 13.2 Å². The first-order valence-electron chi connectivity index (χ1n) is 7.73. The fourth-order valence-electron chi connectivity index (χ4n) is 2.67. The topological polar surface area (TPSA) is 39.9 Å². The Labute approximate surface area is 170 Å². The second kappa shape index (κ2) is 8.50. The minimum Gasteiger partial charge on any atom is -0.406 e. The standard InChI is InChI=1S/C19H12F3N3O.2ClH/c20-19(21,22)26-16-5-1-13(2-6-16)17-7-3-14-11-15(4-8-18(14)24-17)25-10-9-23-12-25;;/h1-12H;2*1H. The molecule has 2 aromatic carbocycles. The number of halogens is 5. The van der Waals surface area contributed by atoms with E-state index in [1.807, 2.05) is 41.1 Å². The van der Waals surface area contributed by atoms with Crippen LogP contribution in [0.15, 0.2) is 73.3 Å². The van der Waals surface area contributed by atoms with Gasteiger partial charge in [0, 0.05) is 29.0 Å². The summed E-state index contributed by atoms with van der Waals surface area (Å²) in [7, 11) is 0. The SMILES string of the molecule is Cl.Cl.FC(F)(F)Oc1ccc(-c2ccc3cc(-n4ccnc4)ccc3n2)cc1. The zero-order valence-corrected chi connectivity index (χ0v) is 15.8. The van der Waals surface area contributed by atoms with Crippen molar-refractivity contribution in [2.75, 3.05) is 0 Å². The summed E-state index contributed by atoms with van der Waals surface area (Å²) >= 11 is 0. The molecule has 0 fully saturated rings. The molecule has 4 rings (SSSR count). The minimum atomic E-state index is -4.70. The van der Waals surface area contributed by atoms with Gasteiger partial charge in [0.15, 0.2) is 0 Å². The number of hydrogen-bond donors (Lipinski definition) is 0. The van der Waals surface area contributed by atoms with E-state index in [4.69, 9.17) is 0 Å². The normalized spacial score (nSPS) is 10.8. The van der Waals surface area contributed by atoms with E-state index in [9.17, 15) is 13.2 Å². The quantitative estimate of drug-likeness (QED) is 0.412. The number of hydrogen-bond acceptors (Lipinski definition) is 3. The highest BCUT2D eigenvalue weighted by Gasteiger charge is 2.30. The molecule has 0 saturated carbocycles. The lowest BCUT2D eigenvalue weighted by atomic mass is 10.1. The van der Waals surface area contributed by atoms with Crippen LogP contribution in [0.2, 0.25) is 0 Å². The number of pyridine rings is 1. The molecular formula is C19H14Cl2F3N3O. The van der Waals surface area contributed by atoms with Crippen LogP contribution in [0.3, 0.4) is 0 Å². The first-order chi connectivity index (χ1) is 12.5. The van der Waals surface area contributed by atoms with E-state index in [2.05, 4.69) is 14.7 Å². The van der Waals surface area contributed by atoms with Crippen molar-refractivity contribution in [2.24, 2.45) is 0 Å². The van der Waals surface area contributed by atoms with Crippen molar-refractivity contribution < 1.29 is 17.9 Å². The molecular weight excluding hydrogens is 414 g/mol. The zero-order chi connectivity index (χ0) is 18.1. The number of nitrogens with zero attached hydrogens (tertiary/aromatic N) is 3. The van der Waals surface area contributed by atoms with E-state index in [0.717, 1.165) is 16.6 Å². The molecule has 0 atom stereocenters. The van der Waals surface area contributed by atoms with Gasteiger partial charge in [0.25, 0.3) is 0 Å². The maximum absolute atomic E-state index is 12.2. The van der Waals surface area contributed by atoms with Crippen molar-refractivity contribution in [3.8, 4) is 22.7 Å². The molecule has 0 aliphatic carbocycles. The van der Waals surface area contributed by atoms with Gasteiger partial charge in [0.2, 0.25) is 0 Å². The molecule has 2 heterocycles. The summed E-state index contributed by atoms with van der Waals surface area (Å²) in [6, 6.07) is 15.2. The van der Waals surface area contributed by atoms with Crippen LogP contribution in [0.5, 0.6) is 5.75 Å². The molecule has 9 heteroatoms. The second-order valence-corrected chi connectivity index (χ2v) is 5.62. The van der Waals surface area contributed by atoms with Crippen molar-refractivity contribution in [1.82, 2.24) is 14.5 Å².